The van der Waals surface area contributed by atoms with E-state index in [1.807, 2.05) is 17.5 Å². The predicted octanol–water partition coefficient (Wildman–Crippen LogP) is 4.39. The molecule has 7 nitrogen and oxygen atoms in total. The number of carbonyl (C=O) groups excluding carboxylic acids is 1. The average Bonchev–Trinajstić information content (AvgIpc) is 3.26. The highest BCUT2D eigenvalue weighted by Gasteiger charge is 2.38. The van der Waals surface area contributed by atoms with E-state index in [9.17, 15) is 20.2 Å². The van der Waals surface area contributed by atoms with Crippen LogP contribution in [0.5, 0.6) is 5.75 Å². The standard InChI is InChI=1S/C20H21N3O4S/c1-22(20(14-21)9-3-2-4-10-20)19(24)13-27-17-8-7-15(23(25)26)12-16(17)18-6-5-11-28-18/h5-8,11-12H,2-4,9-10,13H2,1H3. The molecule has 1 fully saturated rings. The zero-order valence-corrected chi connectivity index (χ0v) is 16.4. The third-order valence-corrected chi connectivity index (χ3v) is 6.12. The fourth-order valence-electron chi connectivity index (χ4n) is 3.52. The summed E-state index contributed by atoms with van der Waals surface area (Å²) in [4.78, 5) is 25.7. The van der Waals surface area contributed by atoms with Gasteiger partial charge in [-0.15, -0.1) is 11.3 Å². The maximum absolute atomic E-state index is 12.7. The minimum Gasteiger partial charge on any atom is -0.483 e. The summed E-state index contributed by atoms with van der Waals surface area (Å²) >= 11 is 1.44. The lowest BCUT2D eigenvalue weighted by Crippen LogP contribution is -2.51. The SMILES string of the molecule is CN(C(=O)COc1ccc([N+](=O)[O-])cc1-c1cccs1)C1(C#N)CCCCC1. The molecule has 1 amide bonds. The molecule has 1 aliphatic carbocycles. The molecule has 0 aliphatic heterocycles. The molecule has 1 saturated carbocycles. The molecule has 0 bridgehead atoms. The zero-order chi connectivity index (χ0) is 20.1. The Hall–Kier alpha value is -2.92. The summed E-state index contributed by atoms with van der Waals surface area (Å²) in [6.07, 6.45) is 4.27. The van der Waals surface area contributed by atoms with E-state index in [0.717, 1.165) is 24.1 Å². The Kier molecular flexibility index (Phi) is 5.95. The van der Waals surface area contributed by atoms with Gasteiger partial charge in [-0.25, -0.2) is 0 Å². The maximum Gasteiger partial charge on any atom is 0.270 e. The normalized spacial score (nSPS) is 15.4. The molecule has 146 valence electrons. The second kappa shape index (κ2) is 8.40. The third kappa shape index (κ3) is 3.99. The van der Waals surface area contributed by atoms with Gasteiger partial charge in [-0.3, -0.25) is 14.9 Å². The van der Waals surface area contributed by atoms with Gasteiger partial charge in [0.1, 0.15) is 11.3 Å². The molecule has 28 heavy (non-hydrogen) atoms. The van der Waals surface area contributed by atoms with Crippen LogP contribution < -0.4 is 4.74 Å². The summed E-state index contributed by atoms with van der Waals surface area (Å²) in [6, 6.07) is 10.3. The van der Waals surface area contributed by atoms with E-state index in [2.05, 4.69) is 6.07 Å². The smallest absolute Gasteiger partial charge is 0.270 e. The molecule has 0 radical (unpaired) electrons. The number of hydrogen-bond donors (Lipinski definition) is 0. The largest absolute Gasteiger partial charge is 0.483 e. The molecular weight excluding hydrogens is 378 g/mol. The lowest BCUT2D eigenvalue weighted by atomic mass is 9.81. The minimum atomic E-state index is -0.773. The first kappa shape index (κ1) is 19.8. The summed E-state index contributed by atoms with van der Waals surface area (Å²) in [5, 5.41) is 22.6. The topological polar surface area (TPSA) is 96.5 Å². The first-order valence-electron chi connectivity index (χ1n) is 9.10. The van der Waals surface area contributed by atoms with Crippen LogP contribution in [-0.4, -0.2) is 34.9 Å². The average molecular weight is 399 g/mol. The number of hydrogen-bond acceptors (Lipinski definition) is 6. The van der Waals surface area contributed by atoms with Crippen LogP contribution >= 0.6 is 11.3 Å². The number of carbonyl (C=O) groups is 1. The van der Waals surface area contributed by atoms with Crippen LogP contribution in [0.4, 0.5) is 5.69 Å². The number of amides is 1. The number of ether oxygens (including phenoxy) is 1. The van der Waals surface area contributed by atoms with Gasteiger partial charge in [-0.2, -0.15) is 5.26 Å². The van der Waals surface area contributed by atoms with E-state index in [0.29, 0.717) is 24.2 Å². The number of nitro groups is 1. The van der Waals surface area contributed by atoms with Gasteiger partial charge in [0.25, 0.3) is 11.6 Å². The first-order chi connectivity index (χ1) is 13.5. The molecule has 1 heterocycles. The molecule has 0 N–H and O–H groups in total. The molecular formula is C20H21N3O4S. The Morgan fingerprint density at radius 3 is 2.71 bits per heavy atom. The molecule has 1 aromatic heterocycles. The van der Waals surface area contributed by atoms with Crippen LogP contribution in [0.15, 0.2) is 35.7 Å². The molecule has 3 rings (SSSR count). The van der Waals surface area contributed by atoms with Crippen molar-refractivity contribution < 1.29 is 14.5 Å². The Balaban J connectivity index is 1.78. The number of nitriles is 1. The van der Waals surface area contributed by atoms with Gasteiger partial charge in [0, 0.05) is 29.6 Å². The second-order valence-electron chi connectivity index (χ2n) is 6.86. The Morgan fingerprint density at radius 1 is 1.36 bits per heavy atom. The highest BCUT2D eigenvalue weighted by atomic mass is 32.1. The highest BCUT2D eigenvalue weighted by molar-refractivity contribution is 7.13. The number of non-ortho nitro benzene ring substituents is 1. The van der Waals surface area contributed by atoms with Gasteiger partial charge in [-0.1, -0.05) is 25.3 Å². The Bertz CT molecular complexity index is 899. The number of thiophene rings is 1. The van der Waals surface area contributed by atoms with Crippen LogP contribution in [0.1, 0.15) is 32.1 Å². The number of benzene rings is 1. The van der Waals surface area contributed by atoms with Crippen molar-refractivity contribution in [3.63, 3.8) is 0 Å². The minimum absolute atomic E-state index is 0.0372. The van der Waals surface area contributed by atoms with Crippen molar-refractivity contribution in [2.45, 2.75) is 37.6 Å². The van der Waals surface area contributed by atoms with E-state index in [4.69, 9.17) is 4.74 Å². The fraction of sp³-hybridized carbons (Fsp3) is 0.400. The molecule has 1 aromatic carbocycles. The lowest BCUT2D eigenvalue weighted by molar-refractivity contribution is -0.384. The van der Waals surface area contributed by atoms with Gasteiger partial charge in [0.15, 0.2) is 6.61 Å². The monoisotopic (exact) mass is 399 g/mol. The summed E-state index contributed by atoms with van der Waals surface area (Å²) < 4.78 is 5.74. The van der Waals surface area contributed by atoms with Gasteiger partial charge in [-0.05, 0) is 30.4 Å². The van der Waals surface area contributed by atoms with Crippen molar-refractivity contribution >= 4 is 22.9 Å². The fourth-order valence-corrected chi connectivity index (χ4v) is 4.26. The van der Waals surface area contributed by atoms with Crippen LogP contribution in [0, 0.1) is 21.4 Å². The molecule has 2 aromatic rings. The van der Waals surface area contributed by atoms with E-state index in [1.54, 1.807) is 7.05 Å². The summed E-state index contributed by atoms with van der Waals surface area (Å²) in [5.74, 6) is 0.128. The first-order valence-corrected chi connectivity index (χ1v) is 9.98. The van der Waals surface area contributed by atoms with Crippen molar-refractivity contribution in [1.29, 1.82) is 5.26 Å². The van der Waals surface area contributed by atoms with Crippen LogP contribution in [0.25, 0.3) is 10.4 Å². The van der Waals surface area contributed by atoms with E-state index >= 15 is 0 Å². The lowest BCUT2D eigenvalue weighted by Gasteiger charge is -2.38. The summed E-state index contributed by atoms with van der Waals surface area (Å²) in [5.41, 5.74) is -0.234. The molecule has 0 atom stereocenters. The number of rotatable bonds is 6. The van der Waals surface area contributed by atoms with Crippen molar-refractivity contribution in [2.24, 2.45) is 0 Å². The van der Waals surface area contributed by atoms with E-state index in [-0.39, 0.29) is 18.2 Å². The number of nitro benzene ring substituents is 1. The Morgan fingerprint density at radius 2 is 2.11 bits per heavy atom. The van der Waals surface area contributed by atoms with Crippen LogP contribution in [-0.2, 0) is 4.79 Å². The van der Waals surface area contributed by atoms with Gasteiger partial charge in [0.05, 0.1) is 11.0 Å². The predicted molar refractivity (Wildman–Crippen MR) is 106 cm³/mol. The molecule has 0 saturated heterocycles. The van der Waals surface area contributed by atoms with E-state index in [1.165, 1.54) is 34.4 Å². The van der Waals surface area contributed by atoms with Crippen molar-refractivity contribution in [3.05, 3.63) is 45.8 Å². The highest BCUT2D eigenvalue weighted by Crippen LogP contribution is 2.36. The van der Waals surface area contributed by atoms with Crippen molar-refractivity contribution in [3.8, 4) is 22.3 Å². The molecule has 0 unspecified atom stereocenters. The molecule has 8 heteroatoms. The van der Waals surface area contributed by atoms with Crippen molar-refractivity contribution in [2.75, 3.05) is 13.7 Å². The van der Waals surface area contributed by atoms with E-state index < -0.39 is 10.5 Å². The quantitative estimate of drug-likeness (QED) is 0.530. The molecule has 0 spiro atoms. The molecule has 1 aliphatic rings. The zero-order valence-electron chi connectivity index (χ0n) is 15.6. The van der Waals surface area contributed by atoms with Crippen LogP contribution in [0.3, 0.4) is 0 Å². The number of likely N-dealkylation sites (N-methyl/N-ethyl adjacent to an activating group) is 1. The number of nitrogens with zero attached hydrogens (tertiary/aromatic N) is 3. The second-order valence-corrected chi connectivity index (χ2v) is 7.81. The summed E-state index contributed by atoms with van der Waals surface area (Å²) in [7, 11) is 1.65. The van der Waals surface area contributed by atoms with Crippen molar-refractivity contribution in [1.82, 2.24) is 4.90 Å². The summed E-state index contributed by atoms with van der Waals surface area (Å²) in [6.45, 7) is -0.226. The van der Waals surface area contributed by atoms with Gasteiger partial charge in [0.2, 0.25) is 0 Å². The van der Waals surface area contributed by atoms with Gasteiger partial charge >= 0.3 is 0 Å². The third-order valence-electron chi connectivity index (χ3n) is 5.22. The van der Waals surface area contributed by atoms with Gasteiger partial charge < -0.3 is 9.64 Å². The van der Waals surface area contributed by atoms with Crippen LogP contribution in [0.2, 0.25) is 0 Å². The maximum atomic E-state index is 12.7. The Labute approximate surface area is 167 Å².